The van der Waals surface area contributed by atoms with Crippen LogP contribution in [0.1, 0.15) is 10.4 Å². The van der Waals surface area contributed by atoms with Crippen molar-refractivity contribution in [1.82, 2.24) is 0 Å². The quantitative estimate of drug-likeness (QED) is 0.628. The lowest BCUT2D eigenvalue weighted by atomic mass is 10.2. The highest BCUT2D eigenvalue weighted by Crippen LogP contribution is 2.19. The second-order valence-electron chi connectivity index (χ2n) is 5.89. The van der Waals surface area contributed by atoms with E-state index >= 15 is 0 Å². The number of hydrogen-bond donors (Lipinski definition) is 2. The van der Waals surface area contributed by atoms with Crippen LogP contribution in [0.15, 0.2) is 48.5 Å². The van der Waals surface area contributed by atoms with Crippen LogP contribution in [0.3, 0.4) is 0 Å². The number of carbonyl (C=O) groups excluding carboxylic acids is 2. The number of ether oxygens (including phenoxy) is 2. The molecule has 2 aromatic rings. The van der Waals surface area contributed by atoms with E-state index in [-0.39, 0.29) is 6.61 Å². The Bertz CT molecular complexity index is 753. The number of carbonyl (C=O) groups is 2. The van der Waals surface area contributed by atoms with Crippen LogP contribution in [-0.2, 0) is 14.3 Å². The Morgan fingerprint density at radius 3 is 2.35 bits per heavy atom. The highest BCUT2D eigenvalue weighted by atomic mass is 16.5. The summed E-state index contributed by atoms with van der Waals surface area (Å²) < 4.78 is 10.3. The molecule has 0 bridgehead atoms. The van der Waals surface area contributed by atoms with Crippen LogP contribution in [0.4, 0.5) is 17.1 Å². The van der Waals surface area contributed by atoms with Crippen LogP contribution < -0.4 is 16.0 Å². The minimum Gasteiger partial charge on any atom is -0.452 e. The summed E-state index contributed by atoms with van der Waals surface area (Å²) >= 11 is 0. The molecule has 1 aliphatic rings. The number of nitrogen functional groups attached to an aromatic ring is 1. The Morgan fingerprint density at radius 1 is 1.04 bits per heavy atom. The van der Waals surface area contributed by atoms with Gasteiger partial charge in [-0.05, 0) is 48.5 Å². The lowest BCUT2D eigenvalue weighted by molar-refractivity contribution is -0.119. The van der Waals surface area contributed by atoms with E-state index in [1.807, 2.05) is 24.3 Å². The molecule has 3 rings (SSSR count). The molecule has 0 aromatic heterocycles. The van der Waals surface area contributed by atoms with Crippen molar-refractivity contribution in [2.45, 2.75) is 0 Å². The second-order valence-corrected chi connectivity index (χ2v) is 5.89. The van der Waals surface area contributed by atoms with Gasteiger partial charge in [0.25, 0.3) is 5.91 Å². The third kappa shape index (κ3) is 4.73. The fourth-order valence-electron chi connectivity index (χ4n) is 2.61. The average molecular weight is 355 g/mol. The maximum atomic E-state index is 12.0. The highest BCUT2D eigenvalue weighted by Gasteiger charge is 2.12. The molecule has 1 amide bonds. The molecule has 7 nitrogen and oxygen atoms in total. The van der Waals surface area contributed by atoms with Gasteiger partial charge < -0.3 is 25.4 Å². The molecule has 0 atom stereocenters. The van der Waals surface area contributed by atoms with Crippen LogP contribution in [0, 0.1) is 0 Å². The van der Waals surface area contributed by atoms with Gasteiger partial charge in [0.2, 0.25) is 0 Å². The molecular formula is C19H21N3O4. The van der Waals surface area contributed by atoms with Gasteiger partial charge in [0.15, 0.2) is 6.61 Å². The highest BCUT2D eigenvalue weighted by molar-refractivity contribution is 5.95. The Morgan fingerprint density at radius 2 is 1.69 bits per heavy atom. The molecular weight excluding hydrogens is 334 g/mol. The fourth-order valence-corrected chi connectivity index (χ4v) is 2.61. The third-order valence-electron chi connectivity index (χ3n) is 4.01. The molecule has 26 heavy (non-hydrogen) atoms. The summed E-state index contributed by atoms with van der Waals surface area (Å²) in [5, 5.41) is 2.71. The molecule has 1 fully saturated rings. The minimum absolute atomic E-state index is 0.349. The normalized spacial score (nSPS) is 13.9. The number of nitrogens with one attached hydrogen (secondary N) is 1. The van der Waals surface area contributed by atoms with Gasteiger partial charge in [-0.15, -0.1) is 0 Å². The van der Waals surface area contributed by atoms with Gasteiger partial charge in [-0.3, -0.25) is 4.79 Å². The zero-order chi connectivity index (χ0) is 18.4. The largest absolute Gasteiger partial charge is 0.452 e. The van der Waals surface area contributed by atoms with Gasteiger partial charge in [-0.1, -0.05) is 0 Å². The number of esters is 1. The summed E-state index contributed by atoms with van der Waals surface area (Å²) in [6.07, 6.45) is 0. The number of amides is 1. The predicted molar refractivity (Wildman–Crippen MR) is 99.2 cm³/mol. The van der Waals surface area contributed by atoms with Gasteiger partial charge in [0, 0.05) is 30.2 Å². The summed E-state index contributed by atoms with van der Waals surface area (Å²) in [4.78, 5) is 26.1. The van der Waals surface area contributed by atoms with Crippen molar-refractivity contribution < 1.29 is 19.1 Å². The molecule has 0 unspecified atom stereocenters. The average Bonchev–Trinajstić information content (AvgIpc) is 2.68. The van der Waals surface area contributed by atoms with E-state index in [4.69, 9.17) is 15.2 Å². The van der Waals surface area contributed by atoms with Crippen molar-refractivity contribution in [3.8, 4) is 0 Å². The molecule has 3 N–H and O–H groups in total. The van der Waals surface area contributed by atoms with E-state index in [2.05, 4.69) is 10.2 Å². The first kappa shape index (κ1) is 17.8. The van der Waals surface area contributed by atoms with Gasteiger partial charge in [0.05, 0.1) is 18.8 Å². The van der Waals surface area contributed by atoms with Crippen LogP contribution in [0.25, 0.3) is 0 Å². The summed E-state index contributed by atoms with van der Waals surface area (Å²) in [5.41, 5.74) is 8.20. The Kier molecular flexibility index (Phi) is 5.70. The number of rotatable bonds is 5. The van der Waals surface area contributed by atoms with E-state index in [0.717, 1.165) is 32.0 Å². The third-order valence-corrected chi connectivity index (χ3v) is 4.01. The smallest absolute Gasteiger partial charge is 0.338 e. The number of morpholine rings is 1. The molecule has 0 aliphatic carbocycles. The number of nitrogens with two attached hydrogens (primary N) is 1. The zero-order valence-corrected chi connectivity index (χ0v) is 14.3. The van der Waals surface area contributed by atoms with E-state index in [1.165, 1.54) is 0 Å². The maximum Gasteiger partial charge on any atom is 0.338 e. The molecule has 0 spiro atoms. The topological polar surface area (TPSA) is 93.9 Å². The molecule has 2 aromatic carbocycles. The van der Waals surface area contributed by atoms with Crippen LogP contribution in [0.5, 0.6) is 0 Å². The summed E-state index contributed by atoms with van der Waals surface area (Å²) in [5.74, 6) is -0.962. The number of anilines is 3. The van der Waals surface area contributed by atoms with Crippen molar-refractivity contribution >= 4 is 28.9 Å². The monoisotopic (exact) mass is 355 g/mol. The molecule has 1 aliphatic heterocycles. The Balaban J connectivity index is 1.48. The van der Waals surface area contributed by atoms with Crippen molar-refractivity contribution in [2.24, 2.45) is 0 Å². The molecule has 1 heterocycles. The van der Waals surface area contributed by atoms with Crippen molar-refractivity contribution in [2.75, 3.05) is 48.9 Å². The lowest BCUT2D eigenvalue weighted by Gasteiger charge is -2.28. The second kappa shape index (κ2) is 8.35. The van der Waals surface area contributed by atoms with Crippen LogP contribution >= 0.6 is 0 Å². The number of benzene rings is 2. The SMILES string of the molecule is Nc1ccc(C(=O)OCC(=O)Nc2ccc(N3CCOCC3)cc2)cc1. The van der Waals surface area contributed by atoms with E-state index in [1.54, 1.807) is 24.3 Å². The Hall–Kier alpha value is -3.06. The minimum atomic E-state index is -0.567. The Labute approximate surface area is 151 Å². The summed E-state index contributed by atoms with van der Waals surface area (Å²) in [6.45, 7) is 2.80. The fraction of sp³-hybridized carbons (Fsp3) is 0.263. The summed E-state index contributed by atoms with van der Waals surface area (Å²) in [6, 6.07) is 13.9. The molecule has 0 radical (unpaired) electrons. The zero-order valence-electron chi connectivity index (χ0n) is 14.3. The van der Waals surface area contributed by atoms with E-state index < -0.39 is 11.9 Å². The van der Waals surface area contributed by atoms with Gasteiger partial charge in [-0.25, -0.2) is 4.79 Å². The van der Waals surface area contributed by atoms with E-state index in [9.17, 15) is 9.59 Å². The summed E-state index contributed by atoms with van der Waals surface area (Å²) in [7, 11) is 0. The first-order valence-electron chi connectivity index (χ1n) is 8.37. The predicted octanol–water partition coefficient (Wildman–Crippen LogP) is 1.90. The molecule has 7 heteroatoms. The van der Waals surface area contributed by atoms with Gasteiger partial charge >= 0.3 is 5.97 Å². The van der Waals surface area contributed by atoms with Crippen molar-refractivity contribution in [3.63, 3.8) is 0 Å². The van der Waals surface area contributed by atoms with Gasteiger partial charge in [-0.2, -0.15) is 0 Å². The van der Waals surface area contributed by atoms with Gasteiger partial charge in [0.1, 0.15) is 0 Å². The standard InChI is InChI=1S/C19H21N3O4/c20-15-3-1-14(2-4-15)19(24)26-13-18(23)21-16-5-7-17(8-6-16)22-9-11-25-12-10-22/h1-8H,9-13,20H2,(H,21,23). The van der Waals surface area contributed by atoms with E-state index in [0.29, 0.717) is 16.9 Å². The first-order chi connectivity index (χ1) is 12.6. The first-order valence-corrected chi connectivity index (χ1v) is 8.37. The molecule has 0 saturated carbocycles. The van der Waals surface area contributed by atoms with Crippen molar-refractivity contribution in [3.05, 3.63) is 54.1 Å². The van der Waals surface area contributed by atoms with Crippen LogP contribution in [-0.4, -0.2) is 44.8 Å². The lowest BCUT2D eigenvalue weighted by Crippen LogP contribution is -2.36. The molecule has 136 valence electrons. The number of hydrogen-bond acceptors (Lipinski definition) is 6. The number of nitrogens with zero attached hydrogens (tertiary/aromatic N) is 1. The maximum absolute atomic E-state index is 12.0. The van der Waals surface area contributed by atoms with Crippen molar-refractivity contribution in [1.29, 1.82) is 0 Å². The van der Waals surface area contributed by atoms with Crippen LogP contribution in [0.2, 0.25) is 0 Å². The molecule has 1 saturated heterocycles.